The molecule has 0 aromatic heterocycles. The summed E-state index contributed by atoms with van der Waals surface area (Å²) in [5.74, 6) is -0.361. The maximum Gasteiger partial charge on any atom is 0.407 e. The molecule has 0 saturated carbocycles. The fraction of sp³-hybridized carbons (Fsp3) is 0.320. The molecule has 1 heterocycles. The Bertz CT molecular complexity index is 1060. The quantitative estimate of drug-likeness (QED) is 0.559. The summed E-state index contributed by atoms with van der Waals surface area (Å²) in [6.45, 7) is 0.325. The lowest BCUT2D eigenvalue weighted by Gasteiger charge is -2.21. The summed E-state index contributed by atoms with van der Waals surface area (Å²) in [5.41, 5.74) is 4.45. The molecule has 4 rings (SSSR count). The Morgan fingerprint density at radius 3 is 2.33 bits per heavy atom. The Hall–Kier alpha value is -3.83. The minimum absolute atomic E-state index is 0.0581. The van der Waals surface area contributed by atoms with E-state index in [1.54, 1.807) is 0 Å². The third-order valence-corrected chi connectivity index (χ3v) is 6.00. The molecule has 8 nitrogen and oxygen atoms in total. The van der Waals surface area contributed by atoms with Crippen molar-refractivity contribution in [3.63, 3.8) is 0 Å². The van der Waals surface area contributed by atoms with E-state index in [2.05, 4.69) is 28.7 Å². The first-order valence-electron chi connectivity index (χ1n) is 10.7. The van der Waals surface area contributed by atoms with Crippen molar-refractivity contribution in [1.29, 1.82) is 0 Å². The van der Waals surface area contributed by atoms with Gasteiger partial charge in [-0.25, -0.2) is 9.59 Å². The second kappa shape index (κ2) is 9.76. The van der Waals surface area contributed by atoms with E-state index in [0.29, 0.717) is 0 Å². The van der Waals surface area contributed by atoms with Gasteiger partial charge in [-0.2, -0.15) is 0 Å². The monoisotopic (exact) mass is 448 g/mol. The third-order valence-electron chi connectivity index (χ3n) is 6.00. The van der Waals surface area contributed by atoms with Crippen LogP contribution in [0.25, 0.3) is 11.1 Å². The molecule has 0 spiro atoms. The van der Waals surface area contributed by atoms with Crippen LogP contribution in [-0.4, -0.2) is 55.0 Å². The van der Waals surface area contributed by atoms with Crippen molar-refractivity contribution >= 4 is 18.0 Å². The van der Waals surface area contributed by atoms with E-state index in [-0.39, 0.29) is 32.2 Å². The van der Waals surface area contributed by atoms with Gasteiger partial charge >= 0.3 is 12.1 Å². The number of amides is 2. The van der Waals surface area contributed by atoms with Crippen LogP contribution < -0.4 is 10.6 Å². The molecule has 3 unspecified atom stereocenters. The fourth-order valence-corrected chi connectivity index (χ4v) is 4.34. The number of carbonyl (C=O) groups excluding carboxylic acids is 2. The predicted molar refractivity (Wildman–Crippen MR) is 119 cm³/mol. The van der Waals surface area contributed by atoms with E-state index >= 15 is 0 Å². The predicted octanol–water partition coefficient (Wildman–Crippen LogP) is 2.13. The molecule has 8 heteroatoms. The first-order valence-corrected chi connectivity index (χ1v) is 10.7. The van der Waals surface area contributed by atoms with Crippen molar-refractivity contribution < 1.29 is 29.0 Å². The maximum atomic E-state index is 12.6. The third kappa shape index (κ3) is 4.69. The number of carbonyl (C=O) groups is 3. The number of fused-ring (bicyclic) bond motifs is 3. The first-order chi connectivity index (χ1) is 16.0. The molecule has 1 aliphatic carbocycles. The number of aliphatic carboxylic acids is 1. The summed E-state index contributed by atoms with van der Waals surface area (Å²) in [6, 6.07) is 14.2. The van der Waals surface area contributed by atoms with E-state index in [9.17, 15) is 19.5 Å². The van der Waals surface area contributed by atoms with E-state index in [0.717, 1.165) is 22.3 Å². The number of rotatable bonds is 7. The maximum absolute atomic E-state index is 12.6. The largest absolute Gasteiger partial charge is 0.480 e. The van der Waals surface area contributed by atoms with Crippen molar-refractivity contribution in [2.45, 2.75) is 24.4 Å². The van der Waals surface area contributed by atoms with Gasteiger partial charge in [0.2, 0.25) is 5.91 Å². The van der Waals surface area contributed by atoms with Crippen LogP contribution >= 0.6 is 0 Å². The number of terminal acetylenes is 1. The Labute approximate surface area is 191 Å². The zero-order valence-electron chi connectivity index (χ0n) is 17.8. The summed E-state index contributed by atoms with van der Waals surface area (Å²) in [5, 5.41) is 14.3. The number of alkyl carbamates (subject to hydrolysis) is 1. The molecule has 0 bridgehead atoms. The van der Waals surface area contributed by atoms with Gasteiger partial charge in [-0.1, -0.05) is 48.5 Å². The number of hydrogen-bond acceptors (Lipinski definition) is 5. The summed E-state index contributed by atoms with van der Waals surface area (Å²) in [7, 11) is 0. The molecule has 2 aromatic rings. The van der Waals surface area contributed by atoms with Gasteiger partial charge in [0, 0.05) is 12.3 Å². The minimum atomic E-state index is -1.22. The van der Waals surface area contributed by atoms with Crippen molar-refractivity contribution in [3.05, 3.63) is 59.7 Å². The molecule has 2 aliphatic rings. The summed E-state index contributed by atoms with van der Waals surface area (Å²) in [4.78, 5) is 36.3. The van der Waals surface area contributed by atoms with Gasteiger partial charge in [-0.15, -0.1) is 12.3 Å². The van der Waals surface area contributed by atoms with Crippen LogP contribution in [0.4, 0.5) is 4.79 Å². The average Bonchev–Trinajstić information content (AvgIpc) is 3.40. The van der Waals surface area contributed by atoms with Gasteiger partial charge in [-0.3, -0.25) is 4.79 Å². The molecular formula is C25H24N2O6. The highest BCUT2D eigenvalue weighted by molar-refractivity contribution is 5.86. The molecule has 1 saturated heterocycles. The Morgan fingerprint density at radius 1 is 1.09 bits per heavy atom. The standard InChI is InChI=1S/C25H24N2O6/c1-2-7-21(24(29)30)26-23(28)20-12-32-14-22(20)27-25(31)33-13-19-17-10-5-3-8-15(17)16-9-4-6-11-18(16)19/h1,3-6,8-11,19-22H,7,12-14H2,(H,26,28)(H,27,31)(H,29,30). The van der Waals surface area contributed by atoms with E-state index in [1.165, 1.54) is 0 Å². The number of carboxylic acid groups (broad SMARTS) is 1. The molecule has 2 amide bonds. The lowest BCUT2D eigenvalue weighted by atomic mass is 9.98. The molecule has 1 fully saturated rings. The van der Waals surface area contributed by atoms with Crippen LogP contribution in [0, 0.1) is 18.3 Å². The molecule has 33 heavy (non-hydrogen) atoms. The Morgan fingerprint density at radius 2 is 1.73 bits per heavy atom. The number of benzene rings is 2. The van der Waals surface area contributed by atoms with Crippen molar-refractivity contribution in [2.75, 3.05) is 19.8 Å². The van der Waals surface area contributed by atoms with E-state index < -0.39 is 36.0 Å². The second-order valence-corrected chi connectivity index (χ2v) is 8.03. The smallest absolute Gasteiger partial charge is 0.407 e. The molecule has 2 aromatic carbocycles. The van der Waals surface area contributed by atoms with Gasteiger partial charge in [0.25, 0.3) is 0 Å². The summed E-state index contributed by atoms with van der Waals surface area (Å²) >= 11 is 0. The summed E-state index contributed by atoms with van der Waals surface area (Å²) < 4.78 is 10.9. The number of carboxylic acids is 1. The van der Waals surface area contributed by atoms with Crippen LogP contribution in [0.2, 0.25) is 0 Å². The molecule has 0 radical (unpaired) electrons. The zero-order chi connectivity index (χ0) is 23.4. The van der Waals surface area contributed by atoms with Gasteiger partial charge in [-0.05, 0) is 22.3 Å². The van der Waals surface area contributed by atoms with Crippen LogP contribution in [0.5, 0.6) is 0 Å². The topological polar surface area (TPSA) is 114 Å². The normalized spacial score (nSPS) is 19.6. The van der Waals surface area contributed by atoms with Crippen LogP contribution in [0.1, 0.15) is 23.5 Å². The number of nitrogens with one attached hydrogen (secondary N) is 2. The molecular weight excluding hydrogens is 424 g/mol. The van der Waals surface area contributed by atoms with Gasteiger partial charge in [0.05, 0.1) is 25.2 Å². The zero-order valence-corrected chi connectivity index (χ0v) is 17.8. The molecule has 3 atom stereocenters. The molecule has 1 aliphatic heterocycles. The molecule has 3 N–H and O–H groups in total. The summed E-state index contributed by atoms with van der Waals surface area (Å²) in [6.07, 6.45) is 4.37. The number of hydrogen-bond donors (Lipinski definition) is 3. The average molecular weight is 448 g/mol. The van der Waals surface area contributed by atoms with Crippen molar-refractivity contribution in [2.24, 2.45) is 5.92 Å². The number of ether oxygens (including phenoxy) is 2. The van der Waals surface area contributed by atoms with E-state index in [1.807, 2.05) is 36.4 Å². The van der Waals surface area contributed by atoms with E-state index in [4.69, 9.17) is 15.9 Å². The van der Waals surface area contributed by atoms with Crippen LogP contribution in [0.15, 0.2) is 48.5 Å². The minimum Gasteiger partial charge on any atom is -0.480 e. The highest BCUT2D eigenvalue weighted by atomic mass is 16.5. The van der Waals surface area contributed by atoms with Gasteiger partial charge in [0.1, 0.15) is 12.6 Å². The fourth-order valence-electron chi connectivity index (χ4n) is 4.34. The van der Waals surface area contributed by atoms with Crippen LogP contribution in [-0.2, 0) is 19.1 Å². The highest BCUT2D eigenvalue weighted by Gasteiger charge is 2.37. The van der Waals surface area contributed by atoms with Crippen LogP contribution in [0.3, 0.4) is 0 Å². The lowest BCUT2D eigenvalue weighted by molar-refractivity contribution is -0.142. The van der Waals surface area contributed by atoms with Gasteiger partial charge in [0.15, 0.2) is 0 Å². The lowest BCUT2D eigenvalue weighted by Crippen LogP contribution is -2.50. The Balaban J connectivity index is 1.37. The Kier molecular flexibility index (Phi) is 6.61. The SMILES string of the molecule is C#CCC(NC(=O)C1COCC1NC(=O)OCC1c2ccccc2-c2ccccc21)C(=O)O. The molecule has 170 valence electrons. The van der Waals surface area contributed by atoms with Gasteiger partial charge < -0.3 is 25.2 Å². The highest BCUT2D eigenvalue weighted by Crippen LogP contribution is 2.44. The van der Waals surface area contributed by atoms with Crippen molar-refractivity contribution in [1.82, 2.24) is 10.6 Å². The second-order valence-electron chi connectivity index (χ2n) is 8.03. The van der Waals surface area contributed by atoms with Crippen molar-refractivity contribution in [3.8, 4) is 23.5 Å². The first kappa shape index (κ1) is 22.4.